The second kappa shape index (κ2) is 11.0. The van der Waals surface area contributed by atoms with Gasteiger partial charge >= 0.3 is 0 Å². The third kappa shape index (κ3) is 10.8. The highest BCUT2D eigenvalue weighted by Gasteiger charge is 2.09. The molecule has 0 amide bonds. The SMILES string of the molecule is C=CC(=C)CCC(CCCCCCN(C)C)C(=C)C. The van der Waals surface area contributed by atoms with Crippen molar-refractivity contribution in [3.8, 4) is 0 Å². The second-order valence-electron chi connectivity index (χ2n) is 5.95. The zero-order valence-corrected chi connectivity index (χ0v) is 13.4. The van der Waals surface area contributed by atoms with Gasteiger partial charge < -0.3 is 4.90 Å². The Morgan fingerprint density at radius 1 is 1.05 bits per heavy atom. The predicted octanol–water partition coefficient (Wildman–Crippen LogP) is 5.21. The normalized spacial score (nSPS) is 12.4. The van der Waals surface area contributed by atoms with Crippen molar-refractivity contribution in [2.45, 2.75) is 51.9 Å². The molecular formula is C18H33N. The van der Waals surface area contributed by atoms with E-state index in [0.29, 0.717) is 5.92 Å². The molecule has 0 aromatic carbocycles. The average Bonchev–Trinajstić information content (AvgIpc) is 2.35. The fourth-order valence-corrected chi connectivity index (χ4v) is 2.27. The molecule has 0 bridgehead atoms. The van der Waals surface area contributed by atoms with E-state index in [4.69, 9.17) is 0 Å². The number of allylic oxidation sites excluding steroid dienone is 3. The van der Waals surface area contributed by atoms with Crippen LogP contribution in [0.5, 0.6) is 0 Å². The van der Waals surface area contributed by atoms with Gasteiger partial charge in [0.2, 0.25) is 0 Å². The van der Waals surface area contributed by atoms with Crippen LogP contribution >= 0.6 is 0 Å². The number of hydrogen-bond acceptors (Lipinski definition) is 1. The summed E-state index contributed by atoms with van der Waals surface area (Å²) >= 11 is 0. The first kappa shape index (κ1) is 18.2. The largest absolute Gasteiger partial charge is 0.309 e. The molecule has 0 fully saturated rings. The molecule has 0 saturated heterocycles. The predicted molar refractivity (Wildman–Crippen MR) is 88.5 cm³/mol. The van der Waals surface area contributed by atoms with Crippen molar-refractivity contribution in [3.05, 3.63) is 37.0 Å². The van der Waals surface area contributed by atoms with Gasteiger partial charge in [0, 0.05) is 0 Å². The van der Waals surface area contributed by atoms with E-state index in [2.05, 4.69) is 45.7 Å². The Labute approximate surface area is 121 Å². The van der Waals surface area contributed by atoms with E-state index in [9.17, 15) is 0 Å². The van der Waals surface area contributed by atoms with Gasteiger partial charge in [-0.25, -0.2) is 0 Å². The summed E-state index contributed by atoms with van der Waals surface area (Å²) in [5.41, 5.74) is 2.47. The van der Waals surface area contributed by atoms with Gasteiger partial charge in [-0.05, 0) is 59.2 Å². The lowest BCUT2D eigenvalue weighted by atomic mass is 9.89. The highest BCUT2D eigenvalue weighted by Crippen LogP contribution is 2.24. The van der Waals surface area contributed by atoms with Crippen LogP contribution in [0.4, 0.5) is 0 Å². The first-order valence-corrected chi connectivity index (χ1v) is 7.57. The maximum atomic E-state index is 4.14. The van der Waals surface area contributed by atoms with Crippen molar-refractivity contribution in [2.24, 2.45) is 5.92 Å². The Hall–Kier alpha value is -0.820. The van der Waals surface area contributed by atoms with Crippen molar-refractivity contribution in [2.75, 3.05) is 20.6 Å². The lowest BCUT2D eigenvalue weighted by Crippen LogP contribution is -2.12. The van der Waals surface area contributed by atoms with Crippen molar-refractivity contribution in [1.29, 1.82) is 0 Å². The molecule has 0 aliphatic heterocycles. The number of unbranched alkanes of at least 4 members (excludes halogenated alkanes) is 3. The molecule has 1 atom stereocenters. The lowest BCUT2D eigenvalue weighted by Gasteiger charge is -2.17. The summed E-state index contributed by atoms with van der Waals surface area (Å²) in [6.07, 6.45) is 10.7. The fraction of sp³-hybridized carbons (Fsp3) is 0.667. The van der Waals surface area contributed by atoms with Crippen LogP contribution in [0.2, 0.25) is 0 Å². The third-order valence-electron chi connectivity index (χ3n) is 3.71. The Morgan fingerprint density at radius 3 is 2.21 bits per heavy atom. The summed E-state index contributed by atoms with van der Waals surface area (Å²) in [4.78, 5) is 2.26. The Kier molecular flexibility index (Phi) is 10.6. The standard InChI is InChI=1S/C18H33N/c1-7-17(4)13-14-18(16(2)3)12-10-8-9-11-15-19(5)6/h7,18H,1-2,4,8-15H2,3,5-6H3. The molecule has 0 N–H and O–H groups in total. The molecule has 0 aliphatic rings. The molecule has 0 aromatic heterocycles. The van der Waals surface area contributed by atoms with Gasteiger partial charge in [-0.2, -0.15) is 0 Å². The lowest BCUT2D eigenvalue weighted by molar-refractivity contribution is 0.386. The summed E-state index contributed by atoms with van der Waals surface area (Å²) < 4.78 is 0. The molecule has 1 unspecified atom stereocenters. The smallest absolute Gasteiger partial charge is 0.00248 e. The molecule has 0 spiro atoms. The van der Waals surface area contributed by atoms with E-state index in [0.717, 1.165) is 12.0 Å². The van der Waals surface area contributed by atoms with Crippen LogP contribution in [0.15, 0.2) is 37.0 Å². The quantitative estimate of drug-likeness (QED) is 0.265. The Balaban J connectivity index is 3.74. The average molecular weight is 263 g/mol. The summed E-state index contributed by atoms with van der Waals surface area (Å²) in [5, 5.41) is 0. The van der Waals surface area contributed by atoms with Crippen molar-refractivity contribution in [1.82, 2.24) is 4.90 Å². The summed E-state index contributed by atoms with van der Waals surface area (Å²) in [7, 11) is 4.28. The van der Waals surface area contributed by atoms with E-state index in [1.807, 2.05) is 6.08 Å². The molecule has 0 aliphatic carbocycles. The Bertz CT molecular complexity index is 275. The van der Waals surface area contributed by atoms with E-state index in [-0.39, 0.29) is 0 Å². The van der Waals surface area contributed by atoms with Crippen LogP contribution in [-0.2, 0) is 0 Å². The molecular weight excluding hydrogens is 230 g/mol. The van der Waals surface area contributed by atoms with Crippen LogP contribution in [0.1, 0.15) is 51.9 Å². The van der Waals surface area contributed by atoms with Crippen LogP contribution in [-0.4, -0.2) is 25.5 Å². The Morgan fingerprint density at radius 2 is 1.68 bits per heavy atom. The fourth-order valence-electron chi connectivity index (χ4n) is 2.27. The molecule has 0 radical (unpaired) electrons. The van der Waals surface area contributed by atoms with Crippen molar-refractivity contribution in [3.63, 3.8) is 0 Å². The zero-order valence-electron chi connectivity index (χ0n) is 13.4. The van der Waals surface area contributed by atoms with Gasteiger partial charge in [-0.1, -0.05) is 56.2 Å². The maximum Gasteiger partial charge on any atom is -0.00248 e. The summed E-state index contributed by atoms with van der Waals surface area (Å²) in [6, 6.07) is 0. The maximum absolute atomic E-state index is 4.14. The zero-order chi connectivity index (χ0) is 14.7. The van der Waals surface area contributed by atoms with Gasteiger partial charge in [0.1, 0.15) is 0 Å². The number of nitrogens with zero attached hydrogens (tertiary/aromatic N) is 1. The van der Waals surface area contributed by atoms with E-state index in [1.165, 1.54) is 50.6 Å². The number of hydrogen-bond donors (Lipinski definition) is 0. The minimum absolute atomic E-state index is 0.658. The van der Waals surface area contributed by atoms with E-state index >= 15 is 0 Å². The van der Waals surface area contributed by atoms with Crippen LogP contribution in [0.25, 0.3) is 0 Å². The van der Waals surface area contributed by atoms with Gasteiger partial charge in [0.15, 0.2) is 0 Å². The first-order valence-electron chi connectivity index (χ1n) is 7.57. The van der Waals surface area contributed by atoms with Crippen LogP contribution < -0.4 is 0 Å². The molecule has 110 valence electrons. The molecule has 0 saturated carbocycles. The van der Waals surface area contributed by atoms with Crippen molar-refractivity contribution < 1.29 is 0 Å². The minimum atomic E-state index is 0.658. The first-order chi connectivity index (χ1) is 8.97. The van der Waals surface area contributed by atoms with Crippen LogP contribution in [0.3, 0.4) is 0 Å². The van der Waals surface area contributed by atoms with E-state index in [1.54, 1.807) is 0 Å². The summed E-state index contributed by atoms with van der Waals surface area (Å²) in [5.74, 6) is 0.658. The molecule has 0 heterocycles. The highest BCUT2D eigenvalue weighted by molar-refractivity contribution is 5.11. The summed E-state index contributed by atoms with van der Waals surface area (Å²) in [6.45, 7) is 15.3. The molecule has 19 heavy (non-hydrogen) atoms. The van der Waals surface area contributed by atoms with E-state index < -0.39 is 0 Å². The molecule has 1 heteroatoms. The van der Waals surface area contributed by atoms with Gasteiger partial charge in [0.25, 0.3) is 0 Å². The minimum Gasteiger partial charge on any atom is -0.309 e. The van der Waals surface area contributed by atoms with Gasteiger partial charge in [-0.3, -0.25) is 0 Å². The monoisotopic (exact) mass is 263 g/mol. The number of rotatable bonds is 12. The topological polar surface area (TPSA) is 3.24 Å². The van der Waals surface area contributed by atoms with Gasteiger partial charge in [-0.15, -0.1) is 0 Å². The highest BCUT2D eigenvalue weighted by atomic mass is 15.0. The second-order valence-corrected chi connectivity index (χ2v) is 5.95. The molecule has 1 nitrogen and oxygen atoms in total. The molecule has 0 aromatic rings. The van der Waals surface area contributed by atoms with Crippen molar-refractivity contribution >= 4 is 0 Å². The third-order valence-corrected chi connectivity index (χ3v) is 3.71. The van der Waals surface area contributed by atoms with Gasteiger partial charge in [0.05, 0.1) is 0 Å². The molecule has 0 rings (SSSR count). The van der Waals surface area contributed by atoms with Crippen LogP contribution in [0, 0.1) is 5.92 Å².